The minimum Gasteiger partial charge on any atom is -0.389 e. The number of carbonyl (C=O) groups is 1. The maximum Gasteiger partial charge on any atom is 0.405 e. The zero-order valence-corrected chi connectivity index (χ0v) is 13.7. The number of nitrogens with one attached hydrogen (secondary N) is 1. The monoisotopic (exact) mass is 336 g/mol. The fourth-order valence-electron chi connectivity index (χ4n) is 3.62. The van der Waals surface area contributed by atoms with Crippen molar-refractivity contribution in [3.63, 3.8) is 0 Å². The van der Waals surface area contributed by atoms with Gasteiger partial charge in [-0.05, 0) is 51.0 Å². The highest BCUT2D eigenvalue weighted by Crippen LogP contribution is 2.33. The number of β-amino-alcohol motifs (C(OH)–C–C–N with tert-alkyl or cyclic N) is 1. The molecule has 1 heterocycles. The lowest BCUT2D eigenvalue weighted by Crippen LogP contribution is -2.51. The molecule has 2 rings (SSSR count). The molecule has 2 N–H and O–H groups in total. The molecule has 4 nitrogen and oxygen atoms in total. The van der Waals surface area contributed by atoms with Gasteiger partial charge in [0.05, 0.1) is 11.5 Å². The number of halogens is 3. The van der Waals surface area contributed by atoms with E-state index in [1.54, 1.807) is 0 Å². The first-order chi connectivity index (χ1) is 10.7. The predicted molar refractivity (Wildman–Crippen MR) is 80.8 cm³/mol. The molecule has 1 aliphatic carbocycles. The second kappa shape index (κ2) is 7.38. The van der Waals surface area contributed by atoms with Crippen LogP contribution in [0.25, 0.3) is 0 Å². The highest BCUT2D eigenvalue weighted by atomic mass is 19.4. The van der Waals surface area contributed by atoms with Gasteiger partial charge in [-0.25, -0.2) is 0 Å². The highest BCUT2D eigenvalue weighted by Gasteiger charge is 2.36. The molecule has 0 radical (unpaired) electrons. The van der Waals surface area contributed by atoms with E-state index in [1.807, 2.05) is 10.2 Å². The van der Waals surface area contributed by atoms with Gasteiger partial charge in [-0.3, -0.25) is 9.69 Å². The van der Waals surface area contributed by atoms with Gasteiger partial charge in [0.25, 0.3) is 0 Å². The van der Waals surface area contributed by atoms with Crippen LogP contribution in [-0.4, -0.2) is 53.9 Å². The van der Waals surface area contributed by atoms with Gasteiger partial charge in [0.2, 0.25) is 5.91 Å². The van der Waals surface area contributed by atoms with Crippen LogP contribution in [0.1, 0.15) is 45.4 Å². The Morgan fingerprint density at radius 3 is 2.57 bits per heavy atom. The molecule has 2 aliphatic rings. The van der Waals surface area contributed by atoms with Crippen molar-refractivity contribution in [2.75, 3.05) is 26.2 Å². The van der Waals surface area contributed by atoms with Crippen LogP contribution in [0, 0.1) is 11.8 Å². The quantitative estimate of drug-likeness (QED) is 0.828. The third-order valence-corrected chi connectivity index (χ3v) is 5.06. The van der Waals surface area contributed by atoms with E-state index in [1.165, 1.54) is 0 Å². The topological polar surface area (TPSA) is 52.6 Å². The second-order valence-electron chi connectivity index (χ2n) is 7.31. The van der Waals surface area contributed by atoms with E-state index < -0.39 is 30.1 Å². The molecule has 1 aliphatic heterocycles. The smallest absolute Gasteiger partial charge is 0.389 e. The molecule has 0 aromatic heterocycles. The number of aliphatic hydroxyl groups is 1. The largest absolute Gasteiger partial charge is 0.405 e. The third kappa shape index (κ3) is 5.95. The van der Waals surface area contributed by atoms with Crippen LogP contribution in [0.5, 0.6) is 0 Å². The summed E-state index contributed by atoms with van der Waals surface area (Å²) in [6, 6.07) is 0. The summed E-state index contributed by atoms with van der Waals surface area (Å²) in [4.78, 5) is 13.9. The van der Waals surface area contributed by atoms with Gasteiger partial charge in [-0.1, -0.05) is 6.92 Å². The van der Waals surface area contributed by atoms with E-state index >= 15 is 0 Å². The van der Waals surface area contributed by atoms with Crippen LogP contribution in [0.3, 0.4) is 0 Å². The zero-order chi connectivity index (χ0) is 17.1. The normalized spacial score (nSPS) is 33.4. The lowest BCUT2D eigenvalue weighted by atomic mass is 9.79. The summed E-state index contributed by atoms with van der Waals surface area (Å²) in [5.74, 6) is -0.314. The SMILES string of the molecule is CC1CCC(O)(CN2CCC[C@H](C(=O)NCC(F)(F)F)C2)CC1. The molecule has 1 atom stereocenters. The number of alkyl halides is 3. The summed E-state index contributed by atoms with van der Waals surface area (Å²) in [6.07, 6.45) is 0.523. The van der Waals surface area contributed by atoms with Crippen LogP contribution in [0.4, 0.5) is 13.2 Å². The molecule has 0 bridgehead atoms. The summed E-state index contributed by atoms with van der Waals surface area (Å²) in [7, 11) is 0. The first-order valence-electron chi connectivity index (χ1n) is 8.46. The van der Waals surface area contributed by atoms with Crippen molar-refractivity contribution in [2.45, 2.75) is 57.2 Å². The number of nitrogens with zero attached hydrogens (tertiary/aromatic N) is 1. The molecular weight excluding hydrogens is 309 g/mol. The third-order valence-electron chi connectivity index (χ3n) is 5.06. The average molecular weight is 336 g/mol. The standard InChI is InChI=1S/C16H27F3N2O2/c1-12-4-6-15(23,7-5-12)11-21-8-2-3-13(9-21)14(22)20-10-16(17,18)19/h12-13,23H,2-11H2,1H3,(H,20,22)/t12?,13-,15?/m0/s1. The van der Waals surface area contributed by atoms with Crippen LogP contribution in [0.2, 0.25) is 0 Å². The lowest BCUT2D eigenvalue weighted by molar-refractivity contribution is -0.142. The predicted octanol–water partition coefficient (Wildman–Crippen LogP) is 2.32. The lowest BCUT2D eigenvalue weighted by Gasteiger charge is -2.41. The molecule has 0 spiro atoms. The Labute approximate surface area is 135 Å². The Hall–Kier alpha value is -0.820. The Bertz CT molecular complexity index is 407. The Balaban J connectivity index is 1.82. The molecule has 1 saturated carbocycles. The van der Waals surface area contributed by atoms with Crippen molar-refractivity contribution >= 4 is 5.91 Å². The molecule has 0 aromatic carbocycles. The van der Waals surface area contributed by atoms with Gasteiger partial charge < -0.3 is 10.4 Å². The van der Waals surface area contributed by atoms with E-state index in [2.05, 4.69) is 6.92 Å². The molecule has 1 amide bonds. The van der Waals surface area contributed by atoms with E-state index in [-0.39, 0.29) is 0 Å². The molecule has 2 fully saturated rings. The van der Waals surface area contributed by atoms with Gasteiger partial charge in [0, 0.05) is 13.1 Å². The number of likely N-dealkylation sites (tertiary alicyclic amines) is 1. The molecule has 134 valence electrons. The van der Waals surface area contributed by atoms with Gasteiger partial charge in [-0.15, -0.1) is 0 Å². The number of carbonyl (C=O) groups excluding carboxylic acids is 1. The van der Waals surface area contributed by atoms with Gasteiger partial charge in [0.1, 0.15) is 6.54 Å². The first-order valence-corrected chi connectivity index (χ1v) is 8.46. The summed E-state index contributed by atoms with van der Waals surface area (Å²) < 4.78 is 36.6. The van der Waals surface area contributed by atoms with E-state index in [0.717, 1.165) is 38.6 Å². The number of rotatable bonds is 4. The van der Waals surface area contributed by atoms with Gasteiger partial charge >= 0.3 is 6.18 Å². The van der Waals surface area contributed by atoms with E-state index in [9.17, 15) is 23.1 Å². The minimum atomic E-state index is -4.38. The van der Waals surface area contributed by atoms with Crippen LogP contribution in [-0.2, 0) is 4.79 Å². The molecule has 7 heteroatoms. The Morgan fingerprint density at radius 2 is 1.96 bits per heavy atom. The van der Waals surface area contributed by atoms with Crippen LogP contribution >= 0.6 is 0 Å². The average Bonchev–Trinajstić information content (AvgIpc) is 2.47. The van der Waals surface area contributed by atoms with Gasteiger partial charge in [-0.2, -0.15) is 13.2 Å². The van der Waals surface area contributed by atoms with Crippen LogP contribution < -0.4 is 5.32 Å². The van der Waals surface area contributed by atoms with Crippen molar-refractivity contribution in [1.29, 1.82) is 0 Å². The number of hydrogen-bond donors (Lipinski definition) is 2. The molecule has 1 saturated heterocycles. The Kier molecular flexibility index (Phi) is 5.94. The highest BCUT2D eigenvalue weighted by molar-refractivity contribution is 5.79. The summed E-state index contributed by atoms with van der Waals surface area (Å²) in [5, 5.41) is 12.7. The van der Waals surface area contributed by atoms with Crippen molar-refractivity contribution in [3.05, 3.63) is 0 Å². The second-order valence-corrected chi connectivity index (χ2v) is 7.31. The van der Waals surface area contributed by atoms with Crippen molar-refractivity contribution < 1.29 is 23.1 Å². The molecule has 23 heavy (non-hydrogen) atoms. The molecule has 0 aromatic rings. The fourth-order valence-corrected chi connectivity index (χ4v) is 3.62. The maximum atomic E-state index is 12.2. The van der Waals surface area contributed by atoms with Crippen LogP contribution in [0.15, 0.2) is 0 Å². The first kappa shape index (κ1) is 18.5. The maximum absolute atomic E-state index is 12.2. The van der Waals surface area contributed by atoms with Crippen molar-refractivity contribution in [1.82, 2.24) is 10.2 Å². The summed E-state index contributed by atoms with van der Waals surface area (Å²) in [5.41, 5.74) is -0.711. The fraction of sp³-hybridized carbons (Fsp3) is 0.938. The van der Waals surface area contributed by atoms with E-state index in [0.29, 0.717) is 25.4 Å². The molecular formula is C16H27F3N2O2. The molecule has 0 unspecified atom stereocenters. The summed E-state index contributed by atoms with van der Waals surface area (Å²) >= 11 is 0. The minimum absolute atomic E-state index is 0.419. The van der Waals surface area contributed by atoms with Crippen molar-refractivity contribution in [2.24, 2.45) is 11.8 Å². The van der Waals surface area contributed by atoms with Crippen molar-refractivity contribution in [3.8, 4) is 0 Å². The van der Waals surface area contributed by atoms with E-state index in [4.69, 9.17) is 0 Å². The number of piperidine rings is 1. The summed E-state index contributed by atoms with van der Waals surface area (Å²) in [6.45, 7) is 2.65. The van der Waals surface area contributed by atoms with Gasteiger partial charge in [0.15, 0.2) is 0 Å². The Morgan fingerprint density at radius 1 is 1.30 bits per heavy atom. The number of amides is 1. The zero-order valence-electron chi connectivity index (χ0n) is 13.7. The number of hydrogen-bond acceptors (Lipinski definition) is 3.